The standard InChI is InChI=1S/C16H9ClN2O/c17-15-13(10-6-2-1-3-7-10)19-16-14(18-15)11-8-4-5-9-12(11)20-16/h1-9H/i1D,2D,3D,6D,7D. The van der Waals surface area contributed by atoms with Crippen LogP contribution in [-0.2, 0) is 0 Å². The first-order valence-corrected chi connectivity index (χ1v) is 6.20. The van der Waals surface area contributed by atoms with Gasteiger partial charge >= 0.3 is 0 Å². The van der Waals surface area contributed by atoms with Crippen LogP contribution in [0.25, 0.3) is 33.5 Å². The highest BCUT2D eigenvalue weighted by atomic mass is 35.5. The number of furan rings is 1. The zero-order valence-electron chi connectivity index (χ0n) is 15.0. The fourth-order valence-electron chi connectivity index (χ4n) is 2.03. The van der Waals surface area contributed by atoms with Gasteiger partial charge in [0.05, 0.1) is 6.85 Å². The highest BCUT2D eigenvalue weighted by Crippen LogP contribution is 2.31. The van der Waals surface area contributed by atoms with Crippen LogP contribution in [0.15, 0.2) is 58.9 Å². The van der Waals surface area contributed by atoms with Gasteiger partial charge in [0.2, 0.25) is 5.71 Å². The molecule has 4 aromatic rings. The van der Waals surface area contributed by atoms with Gasteiger partial charge in [-0.15, -0.1) is 0 Å². The molecule has 0 amide bonds. The lowest BCUT2D eigenvalue weighted by molar-refractivity contribution is 0.653. The average Bonchev–Trinajstić information content (AvgIpc) is 2.96. The molecule has 0 bridgehead atoms. The quantitative estimate of drug-likeness (QED) is 0.509. The Kier molecular flexibility index (Phi) is 1.60. The Balaban J connectivity index is 2.09. The topological polar surface area (TPSA) is 38.9 Å². The van der Waals surface area contributed by atoms with Crippen molar-refractivity contribution in [3.05, 3.63) is 59.6 Å². The summed E-state index contributed by atoms with van der Waals surface area (Å²) in [6, 6.07) is 5.03. The van der Waals surface area contributed by atoms with E-state index in [0.29, 0.717) is 11.1 Å². The summed E-state index contributed by atoms with van der Waals surface area (Å²) >= 11 is 6.23. The minimum Gasteiger partial charge on any atom is -0.436 e. The van der Waals surface area contributed by atoms with Gasteiger partial charge in [0.15, 0.2) is 5.15 Å². The Morgan fingerprint density at radius 2 is 1.85 bits per heavy atom. The second-order valence-electron chi connectivity index (χ2n) is 4.12. The molecule has 2 aromatic heterocycles. The first-order valence-electron chi connectivity index (χ1n) is 8.32. The van der Waals surface area contributed by atoms with Crippen LogP contribution < -0.4 is 0 Å². The maximum absolute atomic E-state index is 8.06. The summed E-state index contributed by atoms with van der Waals surface area (Å²) in [5.74, 6) is 0. The van der Waals surface area contributed by atoms with Crippen molar-refractivity contribution in [1.29, 1.82) is 0 Å². The number of hydrogen-bond donors (Lipinski definition) is 0. The number of fused-ring (bicyclic) bond motifs is 3. The van der Waals surface area contributed by atoms with E-state index in [1.807, 2.05) is 18.2 Å². The van der Waals surface area contributed by atoms with E-state index in [0.717, 1.165) is 5.39 Å². The molecule has 0 saturated heterocycles. The fraction of sp³-hybridized carbons (Fsp3) is 0. The molecule has 0 spiro atoms. The zero-order valence-corrected chi connectivity index (χ0v) is 10.7. The monoisotopic (exact) mass is 285 g/mol. The molecule has 0 atom stereocenters. The Hall–Kier alpha value is -2.39. The number of nitrogens with zero attached hydrogens (tertiary/aromatic N) is 2. The van der Waals surface area contributed by atoms with Gasteiger partial charge in [-0.2, -0.15) is 0 Å². The Bertz CT molecular complexity index is 1150. The summed E-state index contributed by atoms with van der Waals surface area (Å²) in [5, 5.41) is 0.678. The van der Waals surface area contributed by atoms with Crippen LogP contribution in [0.5, 0.6) is 0 Å². The molecule has 4 rings (SSSR count). The number of aromatic nitrogens is 2. The van der Waals surface area contributed by atoms with E-state index in [1.165, 1.54) is 0 Å². The van der Waals surface area contributed by atoms with Crippen molar-refractivity contribution in [2.24, 2.45) is 0 Å². The smallest absolute Gasteiger partial charge is 0.247 e. The van der Waals surface area contributed by atoms with E-state index in [2.05, 4.69) is 9.97 Å². The summed E-state index contributed by atoms with van der Waals surface area (Å²) in [6.07, 6.45) is 0. The Labute approximate surface area is 126 Å². The lowest BCUT2D eigenvalue weighted by Crippen LogP contribution is -1.89. The summed E-state index contributed by atoms with van der Waals surface area (Å²) < 4.78 is 45.0. The summed E-state index contributed by atoms with van der Waals surface area (Å²) in [4.78, 5) is 8.56. The van der Waals surface area contributed by atoms with Gasteiger partial charge in [-0.05, 0) is 12.1 Å². The molecule has 0 fully saturated rings. The largest absolute Gasteiger partial charge is 0.436 e. The molecule has 2 aromatic carbocycles. The van der Waals surface area contributed by atoms with Crippen LogP contribution in [0, 0.1) is 0 Å². The predicted octanol–water partition coefficient (Wildman–Crippen LogP) is 4.70. The molecule has 20 heavy (non-hydrogen) atoms. The third-order valence-corrected chi connectivity index (χ3v) is 3.17. The van der Waals surface area contributed by atoms with Crippen molar-refractivity contribution in [2.75, 3.05) is 0 Å². The number of halogens is 1. The van der Waals surface area contributed by atoms with Crippen LogP contribution in [0.3, 0.4) is 0 Å². The van der Waals surface area contributed by atoms with E-state index < -0.39 is 30.2 Å². The molecule has 0 unspecified atom stereocenters. The van der Waals surface area contributed by atoms with Gasteiger partial charge < -0.3 is 4.42 Å². The van der Waals surface area contributed by atoms with Crippen molar-refractivity contribution in [3.8, 4) is 11.3 Å². The number of hydrogen-bond acceptors (Lipinski definition) is 3. The molecule has 0 N–H and O–H groups in total. The zero-order chi connectivity index (χ0) is 17.9. The molecule has 96 valence electrons. The normalized spacial score (nSPS) is 14.8. The minimum atomic E-state index is -0.479. The van der Waals surface area contributed by atoms with Crippen molar-refractivity contribution in [1.82, 2.24) is 9.97 Å². The van der Waals surface area contributed by atoms with E-state index in [9.17, 15) is 0 Å². The number of benzene rings is 2. The maximum Gasteiger partial charge on any atom is 0.247 e. The molecule has 2 heterocycles. The lowest BCUT2D eigenvalue weighted by atomic mass is 10.1. The molecular formula is C16H9ClN2O. The van der Waals surface area contributed by atoms with Gasteiger partial charge in [0, 0.05) is 10.9 Å². The van der Waals surface area contributed by atoms with Gasteiger partial charge in [0.25, 0.3) is 0 Å². The molecule has 0 aliphatic rings. The van der Waals surface area contributed by atoms with Crippen LogP contribution in [0.2, 0.25) is 5.15 Å². The average molecular weight is 286 g/mol. The van der Waals surface area contributed by atoms with Gasteiger partial charge in [-0.1, -0.05) is 53.9 Å². The molecule has 0 aliphatic heterocycles. The van der Waals surface area contributed by atoms with Crippen molar-refractivity contribution in [2.45, 2.75) is 0 Å². The third-order valence-electron chi connectivity index (χ3n) is 2.91. The third kappa shape index (κ3) is 1.67. The molecule has 4 heteroatoms. The molecule has 0 radical (unpaired) electrons. The molecule has 0 saturated carbocycles. The molecule has 3 nitrogen and oxygen atoms in total. The molecular weight excluding hydrogens is 272 g/mol. The molecule has 0 aliphatic carbocycles. The van der Waals surface area contributed by atoms with Gasteiger partial charge in [-0.3, -0.25) is 0 Å². The van der Waals surface area contributed by atoms with Crippen LogP contribution in [-0.4, -0.2) is 9.97 Å². The van der Waals surface area contributed by atoms with Crippen LogP contribution in [0.1, 0.15) is 6.85 Å². The Morgan fingerprint density at radius 3 is 2.70 bits per heavy atom. The fourth-order valence-corrected chi connectivity index (χ4v) is 2.25. The minimum absolute atomic E-state index is 0.00905. The summed E-state index contributed by atoms with van der Waals surface area (Å²) in [7, 11) is 0. The van der Waals surface area contributed by atoms with Crippen molar-refractivity contribution in [3.63, 3.8) is 0 Å². The highest BCUT2D eigenvalue weighted by molar-refractivity contribution is 6.32. The number of rotatable bonds is 1. The van der Waals surface area contributed by atoms with Crippen LogP contribution >= 0.6 is 11.6 Å². The van der Waals surface area contributed by atoms with E-state index in [4.69, 9.17) is 22.9 Å². The van der Waals surface area contributed by atoms with Crippen LogP contribution in [0.4, 0.5) is 0 Å². The lowest BCUT2D eigenvalue weighted by Gasteiger charge is -2.02. The first kappa shape index (κ1) is 7.41. The van der Waals surface area contributed by atoms with Gasteiger partial charge in [-0.25, -0.2) is 9.97 Å². The maximum atomic E-state index is 8.06. The second kappa shape index (κ2) is 4.32. The van der Waals surface area contributed by atoms with Crippen molar-refractivity contribution < 1.29 is 11.3 Å². The SMILES string of the molecule is [2H]c1c([2H])c([2H])c(-c2nc3oc4ccccc4c3nc2Cl)c([2H])c1[2H]. The van der Waals surface area contributed by atoms with E-state index in [1.54, 1.807) is 6.07 Å². The highest BCUT2D eigenvalue weighted by Gasteiger charge is 2.14. The predicted molar refractivity (Wildman–Crippen MR) is 79.8 cm³/mol. The van der Waals surface area contributed by atoms with Crippen molar-refractivity contribution >= 4 is 33.8 Å². The number of para-hydroxylation sites is 1. The Morgan fingerprint density at radius 1 is 1.05 bits per heavy atom. The second-order valence-corrected chi connectivity index (χ2v) is 4.47. The summed E-state index contributed by atoms with van der Waals surface area (Å²) in [5.41, 5.74) is 1.10. The van der Waals surface area contributed by atoms with E-state index in [-0.39, 0.29) is 22.1 Å². The van der Waals surface area contributed by atoms with E-state index >= 15 is 0 Å². The first-order chi connectivity index (χ1) is 11.9. The summed E-state index contributed by atoms with van der Waals surface area (Å²) in [6.45, 7) is 0. The van der Waals surface area contributed by atoms with Gasteiger partial charge in [0.1, 0.15) is 16.8 Å².